The molecule has 0 bridgehead atoms. The van der Waals surface area contributed by atoms with Gasteiger partial charge in [0.1, 0.15) is 17.8 Å². The third-order valence-electron chi connectivity index (χ3n) is 3.81. The first kappa shape index (κ1) is 13.2. The maximum atomic E-state index is 13.9. The fourth-order valence-corrected chi connectivity index (χ4v) is 2.61. The van der Waals surface area contributed by atoms with Crippen molar-refractivity contribution in [3.05, 3.63) is 41.6 Å². The molecule has 5 heteroatoms. The smallest absolute Gasteiger partial charge is 0.126 e. The highest BCUT2D eigenvalue weighted by molar-refractivity contribution is 5.59. The summed E-state index contributed by atoms with van der Waals surface area (Å²) in [4.78, 5) is 7.55. The number of nitrogens with zero attached hydrogens (tertiary/aromatic N) is 1. The Balaban J connectivity index is 1.87. The number of aromatic nitrogens is 2. The maximum absolute atomic E-state index is 13.9. The number of hydrogen-bond donors (Lipinski definition) is 2. The van der Waals surface area contributed by atoms with Gasteiger partial charge in [-0.3, -0.25) is 0 Å². The van der Waals surface area contributed by atoms with E-state index in [0.29, 0.717) is 17.9 Å². The van der Waals surface area contributed by atoms with Crippen LogP contribution in [0.25, 0.3) is 11.3 Å². The molecule has 20 heavy (non-hydrogen) atoms. The Hall–Kier alpha value is -1.75. The van der Waals surface area contributed by atoms with Crippen LogP contribution in [0.15, 0.2) is 24.4 Å². The van der Waals surface area contributed by atoms with Crippen LogP contribution in [0.3, 0.4) is 0 Å². The van der Waals surface area contributed by atoms with Crippen LogP contribution in [0.5, 0.6) is 0 Å². The van der Waals surface area contributed by atoms with Crippen molar-refractivity contribution >= 4 is 0 Å². The van der Waals surface area contributed by atoms with Gasteiger partial charge in [0.25, 0.3) is 0 Å². The fraction of sp³-hybridized carbons (Fsp3) is 0.400. The number of hydrogen-bond acceptors (Lipinski definition) is 2. The minimum atomic E-state index is -0.919. The molecular formula is C15H17F2N3. The lowest BCUT2D eigenvalue weighted by atomic mass is 9.95. The van der Waals surface area contributed by atoms with Crippen LogP contribution in [0.4, 0.5) is 8.78 Å². The second-order valence-corrected chi connectivity index (χ2v) is 5.25. The molecule has 0 aliphatic carbocycles. The fourth-order valence-electron chi connectivity index (χ4n) is 2.61. The number of H-pyrrole nitrogens is 1. The molecule has 1 saturated heterocycles. The van der Waals surface area contributed by atoms with Crippen molar-refractivity contribution in [2.75, 3.05) is 13.1 Å². The molecule has 2 N–H and O–H groups in total. The van der Waals surface area contributed by atoms with Crippen molar-refractivity contribution in [2.45, 2.75) is 25.4 Å². The van der Waals surface area contributed by atoms with E-state index in [1.165, 1.54) is 6.07 Å². The molecule has 0 unspecified atom stereocenters. The molecule has 1 aromatic heterocycles. The molecule has 1 aliphatic rings. The molecule has 1 fully saturated rings. The maximum Gasteiger partial charge on any atom is 0.126 e. The van der Waals surface area contributed by atoms with E-state index in [4.69, 9.17) is 0 Å². The number of rotatable bonds is 2. The molecule has 3 nitrogen and oxygen atoms in total. The summed E-state index contributed by atoms with van der Waals surface area (Å²) in [7, 11) is 0. The molecule has 0 saturated carbocycles. The van der Waals surface area contributed by atoms with Crippen LogP contribution in [-0.4, -0.2) is 29.2 Å². The summed E-state index contributed by atoms with van der Waals surface area (Å²) in [6, 6.07) is 4.88. The van der Waals surface area contributed by atoms with Crippen molar-refractivity contribution in [3.8, 4) is 11.3 Å². The van der Waals surface area contributed by atoms with Gasteiger partial charge in [-0.25, -0.2) is 13.8 Å². The average molecular weight is 277 g/mol. The monoisotopic (exact) mass is 277 g/mol. The highest BCUT2D eigenvalue weighted by Gasteiger charge is 2.28. The van der Waals surface area contributed by atoms with Gasteiger partial charge in [-0.2, -0.15) is 0 Å². The highest BCUT2D eigenvalue weighted by Crippen LogP contribution is 2.28. The van der Waals surface area contributed by atoms with Gasteiger partial charge in [0.05, 0.1) is 11.6 Å². The Bertz CT molecular complexity index is 609. The zero-order chi connectivity index (χ0) is 14.1. The van der Waals surface area contributed by atoms with Crippen LogP contribution < -0.4 is 5.32 Å². The molecule has 1 aliphatic heterocycles. The first-order chi connectivity index (χ1) is 9.65. The van der Waals surface area contributed by atoms with Gasteiger partial charge in [0.2, 0.25) is 0 Å². The topological polar surface area (TPSA) is 40.7 Å². The molecule has 106 valence electrons. The van der Waals surface area contributed by atoms with Crippen LogP contribution in [0.1, 0.15) is 23.7 Å². The van der Waals surface area contributed by atoms with Crippen LogP contribution in [-0.2, 0) is 0 Å². The van der Waals surface area contributed by atoms with Crippen molar-refractivity contribution in [1.29, 1.82) is 0 Å². The van der Waals surface area contributed by atoms with Gasteiger partial charge in [-0.15, -0.1) is 0 Å². The number of aryl methyl sites for hydroxylation is 1. The van der Waals surface area contributed by atoms with E-state index < -0.39 is 6.17 Å². The van der Waals surface area contributed by atoms with Crippen LogP contribution >= 0.6 is 0 Å². The summed E-state index contributed by atoms with van der Waals surface area (Å²) in [6.45, 7) is 2.89. The summed E-state index contributed by atoms with van der Waals surface area (Å²) < 4.78 is 27.2. The minimum absolute atomic E-state index is 0.188. The van der Waals surface area contributed by atoms with Gasteiger partial charge in [0, 0.05) is 18.3 Å². The molecule has 2 aromatic rings. The summed E-state index contributed by atoms with van der Waals surface area (Å²) in [5, 5.41) is 3.03. The molecular weight excluding hydrogens is 260 g/mol. The van der Waals surface area contributed by atoms with Crippen molar-refractivity contribution < 1.29 is 8.78 Å². The van der Waals surface area contributed by atoms with E-state index in [2.05, 4.69) is 15.3 Å². The van der Waals surface area contributed by atoms with Gasteiger partial charge in [-0.1, -0.05) is 0 Å². The van der Waals surface area contributed by atoms with E-state index in [1.54, 1.807) is 25.3 Å². The number of alkyl halides is 1. The highest BCUT2D eigenvalue weighted by atomic mass is 19.1. The number of piperidine rings is 1. The SMILES string of the molecule is Cc1cc(-c2c[nH]c([C@@H]3CCNC[C@@H]3F)n2)ccc1F. The second-order valence-electron chi connectivity index (χ2n) is 5.25. The summed E-state index contributed by atoms with van der Waals surface area (Å²) >= 11 is 0. The zero-order valence-corrected chi connectivity index (χ0v) is 11.3. The third kappa shape index (κ3) is 2.45. The molecule has 0 amide bonds. The summed E-state index contributed by atoms with van der Waals surface area (Å²) in [5.74, 6) is 0.259. The number of nitrogens with one attached hydrogen (secondary N) is 2. The van der Waals surface area contributed by atoms with Crippen molar-refractivity contribution in [2.24, 2.45) is 0 Å². The Kier molecular flexibility index (Phi) is 3.53. The Morgan fingerprint density at radius 2 is 2.20 bits per heavy atom. The van der Waals surface area contributed by atoms with Crippen molar-refractivity contribution in [1.82, 2.24) is 15.3 Å². The van der Waals surface area contributed by atoms with E-state index in [0.717, 1.165) is 24.2 Å². The molecule has 3 rings (SSSR count). The third-order valence-corrected chi connectivity index (χ3v) is 3.81. The summed E-state index contributed by atoms with van der Waals surface area (Å²) in [6.07, 6.45) is 1.57. The number of imidazole rings is 1. The Labute approximate surface area is 116 Å². The predicted octanol–water partition coefficient (Wildman–Crippen LogP) is 2.94. The lowest BCUT2D eigenvalue weighted by Gasteiger charge is -2.24. The minimum Gasteiger partial charge on any atom is -0.348 e. The zero-order valence-electron chi connectivity index (χ0n) is 11.3. The predicted molar refractivity (Wildman–Crippen MR) is 73.8 cm³/mol. The lowest BCUT2D eigenvalue weighted by Crippen LogP contribution is -2.37. The quantitative estimate of drug-likeness (QED) is 0.886. The molecule has 2 atom stereocenters. The van der Waals surface area contributed by atoms with Crippen LogP contribution in [0.2, 0.25) is 0 Å². The second kappa shape index (κ2) is 5.32. The van der Waals surface area contributed by atoms with Gasteiger partial charge >= 0.3 is 0 Å². The normalized spacial score (nSPS) is 22.9. The summed E-state index contributed by atoms with van der Waals surface area (Å²) in [5.41, 5.74) is 2.15. The van der Waals surface area contributed by atoms with E-state index in [-0.39, 0.29) is 11.7 Å². The molecule has 0 spiro atoms. The Morgan fingerprint density at radius 3 is 2.95 bits per heavy atom. The van der Waals surface area contributed by atoms with Crippen molar-refractivity contribution in [3.63, 3.8) is 0 Å². The standard InChI is InChI=1S/C15H17F2N3/c1-9-6-10(2-3-12(9)16)14-8-19-15(20-14)11-4-5-18-7-13(11)17/h2-3,6,8,11,13,18H,4-5,7H2,1H3,(H,19,20)/t11-,13+/m1/s1. The molecule has 1 aromatic carbocycles. The van der Waals surface area contributed by atoms with Gasteiger partial charge in [-0.05, 0) is 43.7 Å². The van der Waals surface area contributed by atoms with Gasteiger partial charge in [0.15, 0.2) is 0 Å². The van der Waals surface area contributed by atoms with E-state index >= 15 is 0 Å². The Morgan fingerprint density at radius 1 is 1.35 bits per heavy atom. The van der Waals surface area contributed by atoms with Gasteiger partial charge < -0.3 is 10.3 Å². The molecule has 0 radical (unpaired) electrons. The number of benzene rings is 1. The number of aromatic amines is 1. The molecule has 2 heterocycles. The van der Waals surface area contributed by atoms with E-state index in [1.807, 2.05) is 0 Å². The largest absolute Gasteiger partial charge is 0.348 e. The number of halogens is 2. The average Bonchev–Trinajstić information content (AvgIpc) is 2.92. The first-order valence-corrected chi connectivity index (χ1v) is 6.82. The van der Waals surface area contributed by atoms with Crippen LogP contribution in [0, 0.1) is 12.7 Å². The lowest BCUT2D eigenvalue weighted by molar-refractivity contribution is 0.226. The first-order valence-electron chi connectivity index (χ1n) is 6.82. The van der Waals surface area contributed by atoms with E-state index in [9.17, 15) is 8.78 Å².